The predicted molar refractivity (Wildman–Crippen MR) is 88.1 cm³/mol. The first-order valence-corrected chi connectivity index (χ1v) is 6.80. The van der Waals surface area contributed by atoms with E-state index in [2.05, 4.69) is 9.95 Å². The summed E-state index contributed by atoms with van der Waals surface area (Å²) in [5.41, 5.74) is -0.0675. The Morgan fingerprint density at radius 3 is 1.07 bits per heavy atom. The Kier molecular flexibility index (Phi) is 25.7. The molecule has 4 nitrogen and oxygen atoms in total. The summed E-state index contributed by atoms with van der Waals surface area (Å²) in [6.45, 7) is 0. The molecule has 0 bridgehead atoms. The first-order chi connectivity index (χ1) is 10.3. The molecular formula is C12H4Cl8F2N4Sn-2. The zero-order valence-electron chi connectivity index (χ0n) is 12.4. The van der Waals surface area contributed by atoms with Gasteiger partial charge in [0.2, 0.25) is 10.8 Å². The maximum Gasteiger partial charge on any atom is 0.406 e. The van der Waals surface area contributed by atoms with E-state index in [0.29, 0.717) is 0 Å². The van der Waals surface area contributed by atoms with Crippen molar-refractivity contribution in [3.63, 3.8) is 0 Å². The van der Waals surface area contributed by atoms with E-state index in [9.17, 15) is 8.78 Å². The molecule has 2 aromatic carbocycles. The van der Waals surface area contributed by atoms with Gasteiger partial charge in [0.15, 0.2) is 9.95 Å². The summed E-state index contributed by atoms with van der Waals surface area (Å²) in [5.74, 6) is -1.33. The molecule has 2 aromatic rings. The van der Waals surface area contributed by atoms with Crippen LogP contribution in [0.5, 0.6) is 0 Å². The van der Waals surface area contributed by atoms with E-state index in [1.165, 1.54) is 12.1 Å². The Morgan fingerprint density at radius 1 is 0.593 bits per heavy atom. The fraction of sp³-hybridized carbons (Fsp3) is 0. The summed E-state index contributed by atoms with van der Waals surface area (Å²) in [4.78, 5) is 5.48. The van der Waals surface area contributed by atoms with E-state index < -0.39 is 11.6 Å². The van der Waals surface area contributed by atoms with Gasteiger partial charge in [-0.25, -0.2) is 8.78 Å². The van der Waals surface area contributed by atoms with Crippen LogP contribution in [0.3, 0.4) is 0 Å². The minimum Gasteiger partial charge on any atom is -1.00 e. The minimum absolute atomic E-state index is 0. The monoisotopic (exact) mass is 642 g/mol. The molecule has 0 aliphatic rings. The van der Waals surface area contributed by atoms with Crippen LogP contribution in [0.2, 0.25) is 20.1 Å². The van der Waals surface area contributed by atoms with Crippen molar-refractivity contribution < 1.29 is 58.4 Å². The SMILES string of the molecule is N#[N+]c1cc(F)c(Cl)cc1Cl.N#[N+]c1cc(F)c(Cl)cc1Cl.[Cl-].[Cl-].[Cl-].[Cl-].[Sn]. The standard InChI is InChI=1S/2C6H2Cl2FN2.4ClH.Sn/c2*7-3-1-4(8)6(11-10)2-5(3)9;;;;;/h2*1-2H;4*1H;/q2*+1;;;;;/p-4. The smallest absolute Gasteiger partial charge is 0.406 e. The topological polar surface area (TPSA) is 56.3 Å². The van der Waals surface area contributed by atoms with Gasteiger partial charge in [-0.3, -0.25) is 0 Å². The van der Waals surface area contributed by atoms with Gasteiger partial charge in [0.25, 0.3) is 0 Å². The molecule has 0 aromatic heterocycles. The van der Waals surface area contributed by atoms with Crippen LogP contribution in [0.25, 0.3) is 9.95 Å². The molecule has 4 radical (unpaired) electrons. The molecule has 0 saturated heterocycles. The van der Waals surface area contributed by atoms with Gasteiger partial charge in [-0.05, 0) is 12.1 Å². The van der Waals surface area contributed by atoms with Gasteiger partial charge in [-0.1, -0.05) is 46.4 Å². The summed E-state index contributed by atoms with van der Waals surface area (Å²) in [6, 6.07) is 4.25. The third-order valence-electron chi connectivity index (χ3n) is 2.19. The van der Waals surface area contributed by atoms with Crippen molar-refractivity contribution in [2.45, 2.75) is 0 Å². The number of nitrogens with zero attached hydrogens (tertiary/aromatic N) is 4. The Morgan fingerprint density at radius 2 is 0.852 bits per heavy atom. The first-order valence-electron chi connectivity index (χ1n) is 5.29. The molecule has 0 saturated carbocycles. The van der Waals surface area contributed by atoms with Crippen LogP contribution >= 0.6 is 46.4 Å². The summed E-state index contributed by atoms with van der Waals surface area (Å²) < 4.78 is 25.2. The third-order valence-corrected chi connectivity index (χ3v) is 3.38. The molecule has 0 aliphatic carbocycles. The fourth-order valence-electron chi connectivity index (χ4n) is 1.18. The van der Waals surface area contributed by atoms with Gasteiger partial charge < -0.3 is 49.6 Å². The molecule has 0 atom stereocenters. The fourth-order valence-corrected chi connectivity index (χ4v) is 2.02. The predicted octanol–water partition coefficient (Wildman–Crippen LogP) is -5.13. The zero-order chi connectivity index (χ0) is 16.9. The van der Waals surface area contributed by atoms with Crippen molar-refractivity contribution >= 4 is 81.7 Å². The molecular weight excluding hydrogens is 640 g/mol. The van der Waals surface area contributed by atoms with E-state index >= 15 is 0 Å². The third kappa shape index (κ3) is 11.8. The second-order valence-corrected chi connectivity index (χ2v) is 5.26. The molecule has 15 heteroatoms. The Bertz CT molecular complexity index is 746. The molecule has 0 aliphatic heterocycles. The van der Waals surface area contributed by atoms with Crippen molar-refractivity contribution in [1.29, 1.82) is 10.8 Å². The molecule has 0 heterocycles. The Labute approximate surface area is 215 Å². The van der Waals surface area contributed by atoms with Gasteiger partial charge in [-0.15, -0.1) is 0 Å². The van der Waals surface area contributed by atoms with Crippen molar-refractivity contribution in [2.24, 2.45) is 0 Å². The number of diazo groups is 2. The average Bonchev–Trinajstić information content (AvgIpc) is 2.47. The number of halogens is 10. The van der Waals surface area contributed by atoms with Gasteiger partial charge in [0.1, 0.15) is 21.7 Å². The number of rotatable bonds is 0. The molecule has 2 rings (SSSR count). The van der Waals surface area contributed by atoms with Crippen molar-refractivity contribution in [3.05, 3.63) is 65.9 Å². The van der Waals surface area contributed by atoms with Crippen LogP contribution in [0.15, 0.2) is 24.3 Å². The number of benzene rings is 2. The van der Waals surface area contributed by atoms with Gasteiger partial charge in [-0.2, -0.15) is 0 Å². The average molecular weight is 645 g/mol. The summed E-state index contributed by atoms with van der Waals surface area (Å²) in [5, 5.41) is 16.6. The van der Waals surface area contributed by atoms with Crippen LogP contribution in [-0.2, 0) is 0 Å². The Balaban J connectivity index is -0.000000101. The molecule has 0 unspecified atom stereocenters. The van der Waals surface area contributed by atoms with E-state index in [1.54, 1.807) is 0 Å². The maximum absolute atomic E-state index is 12.6. The normalized spacial score (nSPS) is 7.56. The van der Waals surface area contributed by atoms with Crippen molar-refractivity contribution in [1.82, 2.24) is 0 Å². The molecule has 27 heavy (non-hydrogen) atoms. The van der Waals surface area contributed by atoms with Crippen molar-refractivity contribution in [3.8, 4) is 0 Å². The van der Waals surface area contributed by atoms with Gasteiger partial charge in [0, 0.05) is 23.9 Å². The van der Waals surface area contributed by atoms with Crippen LogP contribution in [0, 0.1) is 22.4 Å². The quantitative estimate of drug-likeness (QED) is 0.164. The summed E-state index contributed by atoms with van der Waals surface area (Å²) >= 11 is 21.7. The molecule has 0 fully saturated rings. The second-order valence-electron chi connectivity index (χ2n) is 3.64. The van der Waals surface area contributed by atoms with E-state index in [1.807, 2.05) is 0 Å². The van der Waals surface area contributed by atoms with Gasteiger partial charge >= 0.3 is 11.4 Å². The van der Waals surface area contributed by atoms with Crippen LogP contribution < -0.4 is 49.6 Å². The van der Waals surface area contributed by atoms with Gasteiger partial charge in [0.05, 0.1) is 22.2 Å². The molecule has 0 spiro atoms. The van der Waals surface area contributed by atoms with Crippen LogP contribution in [0.4, 0.5) is 20.2 Å². The van der Waals surface area contributed by atoms with E-state index in [-0.39, 0.29) is 105 Å². The largest absolute Gasteiger partial charge is 1.00 e. The number of hydrogen-bond acceptors (Lipinski definition) is 2. The van der Waals surface area contributed by atoms with Crippen LogP contribution in [0.1, 0.15) is 0 Å². The van der Waals surface area contributed by atoms with E-state index in [0.717, 1.165) is 12.1 Å². The molecule has 0 amide bonds. The summed E-state index contributed by atoms with van der Waals surface area (Å²) in [7, 11) is 0. The Hall–Kier alpha value is 0.259. The van der Waals surface area contributed by atoms with Crippen LogP contribution in [-0.4, -0.2) is 23.9 Å². The minimum atomic E-state index is -0.663. The summed E-state index contributed by atoms with van der Waals surface area (Å²) in [6.07, 6.45) is 0. The second kappa shape index (κ2) is 18.3. The first kappa shape index (κ1) is 37.9. The van der Waals surface area contributed by atoms with E-state index in [4.69, 9.17) is 57.2 Å². The maximum atomic E-state index is 12.6. The van der Waals surface area contributed by atoms with Crippen molar-refractivity contribution in [2.75, 3.05) is 0 Å². The molecule has 148 valence electrons. The zero-order valence-corrected chi connectivity index (χ0v) is 21.3. The number of hydrogen-bond donors (Lipinski definition) is 0. The molecule has 0 N–H and O–H groups in total.